The number of pyridine rings is 1. The fourth-order valence-electron chi connectivity index (χ4n) is 8.96. The van der Waals surface area contributed by atoms with Crippen molar-refractivity contribution in [1.29, 1.82) is 0 Å². The Labute approximate surface area is 310 Å². The van der Waals surface area contributed by atoms with Gasteiger partial charge in [-0.05, 0) is 26.0 Å². The average Bonchev–Trinajstić information content (AvgIpc) is 3.30. The Hall–Kier alpha value is -4.68. The van der Waals surface area contributed by atoms with E-state index in [1.165, 1.54) is 32.2 Å². The van der Waals surface area contributed by atoms with Crippen LogP contribution in [0.1, 0.15) is 84.3 Å². The van der Waals surface area contributed by atoms with Crippen LogP contribution in [-0.4, -0.2) is 124 Å². The highest BCUT2D eigenvalue weighted by Crippen LogP contribution is 2.69. The Kier molecular flexibility index (Phi) is 10.6. The molecule has 1 spiro atoms. The van der Waals surface area contributed by atoms with E-state index in [1.54, 1.807) is 6.92 Å². The zero-order valence-electron chi connectivity index (χ0n) is 31.3. The third kappa shape index (κ3) is 6.17. The molecule has 18 heteroatoms. The van der Waals surface area contributed by atoms with Gasteiger partial charge in [-0.3, -0.25) is 33.8 Å². The van der Waals surface area contributed by atoms with Gasteiger partial charge in [0.05, 0.1) is 23.1 Å². The van der Waals surface area contributed by atoms with Crippen molar-refractivity contribution in [3.8, 4) is 0 Å². The fourth-order valence-corrected chi connectivity index (χ4v) is 8.96. The number of aromatic nitrogens is 1. The number of nitrogens with zero attached hydrogens (tertiary/aromatic N) is 1. The molecule has 2 saturated carbocycles. The molecule has 2 aliphatic heterocycles. The molecule has 54 heavy (non-hydrogen) atoms. The second-order valence-electron chi connectivity index (χ2n) is 14.7. The van der Waals surface area contributed by atoms with Gasteiger partial charge >= 0.3 is 41.8 Å². The fraction of sp³-hybridized carbons (Fsp3) is 0.667. The summed E-state index contributed by atoms with van der Waals surface area (Å²) in [5.74, 6) is -10.5. The highest BCUT2D eigenvalue weighted by molar-refractivity contribution is 5.91. The van der Waals surface area contributed by atoms with E-state index in [2.05, 4.69) is 4.98 Å². The minimum absolute atomic E-state index is 0.0246. The molecule has 2 N–H and O–H groups in total. The predicted octanol–water partition coefficient (Wildman–Crippen LogP) is 0.463. The summed E-state index contributed by atoms with van der Waals surface area (Å²) in [4.78, 5) is 97.0. The maximum atomic E-state index is 14.2. The number of esters is 7. The molecule has 2 aliphatic carbocycles. The Morgan fingerprint density at radius 2 is 1.43 bits per heavy atom. The first kappa shape index (κ1) is 40.5. The lowest BCUT2D eigenvalue weighted by Gasteiger charge is -2.67. The second-order valence-corrected chi connectivity index (χ2v) is 14.7. The van der Waals surface area contributed by atoms with Gasteiger partial charge in [0.1, 0.15) is 48.1 Å². The van der Waals surface area contributed by atoms with Crippen LogP contribution in [0.15, 0.2) is 18.3 Å². The normalized spacial score (nSPS) is 39.8. The van der Waals surface area contributed by atoms with E-state index in [1.807, 2.05) is 0 Å². The predicted molar refractivity (Wildman–Crippen MR) is 176 cm³/mol. The van der Waals surface area contributed by atoms with Crippen LogP contribution in [-0.2, 0) is 66.7 Å². The lowest BCUT2D eigenvalue weighted by Crippen LogP contribution is -2.89. The topological polar surface area (TPSA) is 247 Å². The smallest absolute Gasteiger partial charge is 0.340 e. The lowest BCUT2D eigenvalue weighted by atomic mass is 9.45. The van der Waals surface area contributed by atoms with Crippen LogP contribution in [0.25, 0.3) is 0 Å². The number of aliphatic hydroxyl groups excluding tert-OH is 1. The van der Waals surface area contributed by atoms with Crippen LogP contribution >= 0.6 is 0 Å². The average molecular weight is 764 g/mol. The van der Waals surface area contributed by atoms with Crippen LogP contribution in [0, 0.1) is 17.3 Å². The Balaban J connectivity index is 1.96. The van der Waals surface area contributed by atoms with E-state index < -0.39 is 132 Å². The summed E-state index contributed by atoms with van der Waals surface area (Å²) in [5, 5.41) is 25.7. The van der Waals surface area contributed by atoms with Crippen molar-refractivity contribution in [1.82, 2.24) is 4.98 Å². The highest BCUT2D eigenvalue weighted by Gasteiger charge is 2.91. The van der Waals surface area contributed by atoms with E-state index in [9.17, 15) is 43.8 Å². The maximum Gasteiger partial charge on any atom is 0.340 e. The molecule has 13 atom stereocenters. The standard InChI is InChI=1S/C36H45NO17/c1-15-16(2)31(44)53-29-26(49-18(4)39)30(52-21(7)42)35(14-47-17(3)38)28(51-20(6)41)25(43)23-27(50-19(5)40)36(35,34(29,9)46)54-33(23,8)13-48-32(45)22-11-10-12-37-24(15)22/h10-12,15-16,23,25-30,43,46H,13-14H2,1-9H3/t15?,16?,23-,25+,26+,27-,28-,29+,30+,33+,34+,35-,36+/m1/s1. The molecule has 0 aromatic carbocycles. The summed E-state index contributed by atoms with van der Waals surface area (Å²) in [6.45, 7) is 8.75. The van der Waals surface area contributed by atoms with Gasteiger partial charge in [-0.2, -0.15) is 0 Å². The van der Waals surface area contributed by atoms with E-state index in [0.717, 1.165) is 41.5 Å². The molecule has 18 nitrogen and oxygen atoms in total. The monoisotopic (exact) mass is 763 g/mol. The summed E-state index contributed by atoms with van der Waals surface area (Å²) in [5.41, 5.74) is -9.90. The minimum atomic E-state index is -2.78. The minimum Gasteiger partial charge on any atom is -0.465 e. The Morgan fingerprint density at radius 3 is 2.00 bits per heavy atom. The molecule has 3 heterocycles. The van der Waals surface area contributed by atoms with E-state index in [-0.39, 0.29) is 11.3 Å². The van der Waals surface area contributed by atoms with Gasteiger partial charge in [-0.15, -0.1) is 0 Å². The zero-order valence-corrected chi connectivity index (χ0v) is 31.3. The van der Waals surface area contributed by atoms with E-state index in [0.29, 0.717) is 0 Å². The second kappa shape index (κ2) is 14.2. The molecule has 1 saturated heterocycles. The first-order chi connectivity index (χ1) is 25.1. The molecule has 5 rings (SSSR count). The molecular formula is C36H45NO17. The number of carbonyl (C=O) groups is 7. The van der Waals surface area contributed by atoms with Crippen molar-refractivity contribution in [2.24, 2.45) is 17.3 Å². The van der Waals surface area contributed by atoms with Crippen LogP contribution in [0.2, 0.25) is 0 Å². The molecule has 4 bridgehead atoms. The molecular weight excluding hydrogens is 718 g/mol. The van der Waals surface area contributed by atoms with Gasteiger partial charge in [-0.1, -0.05) is 13.8 Å². The number of hydrogen-bond acceptors (Lipinski definition) is 18. The van der Waals surface area contributed by atoms with Crippen LogP contribution in [0.4, 0.5) is 0 Å². The Morgan fingerprint density at radius 1 is 0.852 bits per heavy atom. The van der Waals surface area contributed by atoms with Crippen molar-refractivity contribution in [3.05, 3.63) is 29.6 Å². The number of hydrogen-bond donors (Lipinski definition) is 2. The molecule has 2 unspecified atom stereocenters. The van der Waals surface area contributed by atoms with Crippen molar-refractivity contribution in [3.63, 3.8) is 0 Å². The third-order valence-corrected chi connectivity index (χ3v) is 11.2. The molecule has 296 valence electrons. The number of aliphatic hydroxyl groups is 2. The Bertz CT molecular complexity index is 1740. The number of rotatable bonds is 6. The van der Waals surface area contributed by atoms with Gasteiger partial charge < -0.3 is 48.1 Å². The van der Waals surface area contributed by atoms with E-state index >= 15 is 0 Å². The van der Waals surface area contributed by atoms with Gasteiger partial charge in [0.2, 0.25) is 0 Å². The number of ether oxygens (including phenoxy) is 8. The quantitative estimate of drug-likeness (QED) is 0.295. The largest absolute Gasteiger partial charge is 0.465 e. The van der Waals surface area contributed by atoms with Gasteiger partial charge in [0.15, 0.2) is 23.9 Å². The maximum absolute atomic E-state index is 14.2. The van der Waals surface area contributed by atoms with Gasteiger partial charge in [0, 0.05) is 46.7 Å². The first-order valence-electron chi connectivity index (χ1n) is 17.3. The highest BCUT2D eigenvalue weighted by atomic mass is 16.7. The van der Waals surface area contributed by atoms with Crippen molar-refractivity contribution in [2.45, 2.75) is 122 Å². The van der Waals surface area contributed by atoms with Crippen molar-refractivity contribution < 1.29 is 81.7 Å². The number of carbonyl (C=O) groups excluding carboxylic acids is 7. The molecule has 4 aliphatic rings. The van der Waals surface area contributed by atoms with Crippen LogP contribution in [0.5, 0.6) is 0 Å². The van der Waals surface area contributed by atoms with E-state index in [4.69, 9.17) is 37.9 Å². The van der Waals surface area contributed by atoms with Gasteiger partial charge in [-0.25, -0.2) is 4.79 Å². The van der Waals surface area contributed by atoms with Crippen molar-refractivity contribution >= 4 is 41.8 Å². The number of fused-ring (bicyclic) bond motifs is 5. The summed E-state index contributed by atoms with van der Waals surface area (Å²) in [6.07, 6.45) is -10.6. The van der Waals surface area contributed by atoms with Crippen molar-refractivity contribution in [2.75, 3.05) is 13.2 Å². The number of cyclic esters (lactones) is 1. The third-order valence-electron chi connectivity index (χ3n) is 11.2. The van der Waals surface area contributed by atoms with Gasteiger partial charge in [0.25, 0.3) is 0 Å². The lowest BCUT2D eigenvalue weighted by molar-refractivity contribution is -0.386. The molecule has 0 radical (unpaired) electrons. The molecule has 1 aromatic rings. The summed E-state index contributed by atoms with van der Waals surface area (Å²) < 4.78 is 47.7. The molecule has 3 fully saturated rings. The summed E-state index contributed by atoms with van der Waals surface area (Å²) in [7, 11) is 0. The van der Waals surface area contributed by atoms with Crippen LogP contribution in [0.3, 0.4) is 0 Å². The zero-order chi connectivity index (χ0) is 40.3. The first-order valence-corrected chi connectivity index (χ1v) is 17.3. The summed E-state index contributed by atoms with van der Waals surface area (Å²) >= 11 is 0. The molecule has 0 amide bonds. The van der Waals surface area contributed by atoms with Crippen LogP contribution < -0.4 is 0 Å². The molecule has 1 aromatic heterocycles. The SMILES string of the molecule is CC(=O)OC[C@]12[C@H](OC(C)=O)[C@@H](O)[C@@H]3[C@@H](OC(C)=O)[C@@]14O[C@@]3(C)COC(=O)c1cccnc1C(C)C(C)C(=O)O[C@@H]([C@H](OC(C)=O)[C@@H]2OC(C)=O)[C@]4(C)O. The summed E-state index contributed by atoms with van der Waals surface area (Å²) in [6, 6.07) is 2.91.